The van der Waals surface area contributed by atoms with Gasteiger partial charge in [-0.25, -0.2) is 0 Å². The maximum Gasteiger partial charge on any atom is 0.277 e. The van der Waals surface area contributed by atoms with Crippen LogP contribution in [0.5, 0.6) is 0 Å². The average molecular weight is 396 g/mol. The van der Waals surface area contributed by atoms with Gasteiger partial charge in [0.2, 0.25) is 0 Å². The summed E-state index contributed by atoms with van der Waals surface area (Å²) in [6.07, 6.45) is 7.84. The standard InChI is InChI=1S/C19H23Cl2N3O2/c1-23(11-5-6-11)9-13-14(20)8-7-12(16(13)21)18(25)15-17(10-3-4-10)22-24(2)19(15)26/h7-8,10-11,13,16,22H,3-6,9H2,1-2H3. The number of aryl methyl sites for hydroxylation is 1. The van der Waals surface area contributed by atoms with Gasteiger partial charge in [0.05, 0.1) is 11.1 Å². The summed E-state index contributed by atoms with van der Waals surface area (Å²) >= 11 is 13.1. The Hall–Kier alpha value is -1.30. The molecule has 2 fully saturated rings. The predicted octanol–water partition coefficient (Wildman–Crippen LogP) is 3.15. The number of hydrogen-bond donors (Lipinski definition) is 1. The Morgan fingerprint density at radius 2 is 2.00 bits per heavy atom. The van der Waals surface area contributed by atoms with Gasteiger partial charge in [-0.05, 0) is 38.8 Å². The fraction of sp³-hybridized carbons (Fsp3) is 0.579. The van der Waals surface area contributed by atoms with E-state index in [1.165, 1.54) is 17.5 Å². The number of halogens is 2. The minimum atomic E-state index is -0.534. The molecule has 4 rings (SSSR count). The van der Waals surface area contributed by atoms with E-state index in [2.05, 4.69) is 17.0 Å². The van der Waals surface area contributed by atoms with E-state index in [9.17, 15) is 9.59 Å². The summed E-state index contributed by atoms with van der Waals surface area (Å²) in [5, 5.41) is 3.18. The van der Waals surface area contributed by atoms with E-state index in [1.807, 2.05) is 0 Å². The molecular formula is C19H23Cl2N3O2. The number of aromatic nitrogens is 2. The molecule has 1 heterocycles. The number of allylic oxidation sites excluding steroid dienone is 3. The molecule has 0 amide bonds. The number of rotatable bonds is 6. The number of nitrogens with one attached hydrogen (secondary N) is 1. The van der Waals surface area contributed by atoms with Crippen LogP contribution in [-0.4, -0.2) is 45.5 Å². The van der Waals surface area contributed by atoms with E-state index < -0.39 is 5.38 Å². The molecule has 3 aliphatic rings. The van der Waals surface area contributed by atoms with Gasteiger partial charge < -0.3 is 4.90 Å². The molecule has 1 aromatic rings. The quantitative estimate of drug-likeness (QED) is 0.594. The van der Waals surface area contributed by atoms with Crippen molar-refractivity contribution in [3.63, 3.8) is 0 Å². The largest absolute Gasteiger partial charge is 0.303 e. The predicted molar refractivity (Wildman–Crippen MR) is 103 cm³/mol. The summed E-state index contributed by atoms with van der Waals surface area (Å²) in [4.78, 5) is 28.0. The SMILES string of the molecule is CN(CC1C(Cl)=CC=C(C(=O)c2c(C3CC3)[nH]n(C)c2=O)C1Cl)C1CC1. The Bertz CT molecular complexity index is 859. The van der Waals surface area contributed by atoms with Gasteiger partial charge in [0.1, 0.15) is 5.56 Å². The zero-order valence-corrected chi connectivity index (χ0v) is 16.5. The molecular weight excluding hydrogens is 373 g/mol. The first-order valence-electron chi connectivity index (χ1n) is 9.13. The number of alkyl halides is 1. The molecule has 26 heavy (non-hydrogen) atoms. The number of ketones is 1. The van der Waals surface area contributed by atoms with Crippen molar-refractivity contribution in [2.45, 2.75) is 43.0 Å². The van der Waals surface area contributed by atoms with Crippen molar-refractivity contribution in [1.82, 2.24) is 14.7 Å². The monoisotopic (exact) mass is 395 g/mol. The third-order valence-electron chi connectivity index (χ3n) is 5.63. The van der Waals surface area contributed by atoms with Gasteiger partial charge in [0, 0.05) is 42.1 Å². The number of nitrogens with zero attached hydrogens (tertiary/aromatic N) is 2. The number of hydrogen-bond acceptors (Lipinski definition) is 3. The fourth-order valence-electron chi connectivity index (χ4n) is 3.70. The van der Waals surface area contributed by atoms with Crippen molar-refractivity contribution >= 4 is 29.0 Å². The van der Waals surface area contributed by atoms with E-state index in [1.54, 1.807) is 19.2 Å². The number of carbonyl (C=O) groups is 1. The normalized spacial score (nSPS) is 26.0. The van der Waals surface area contributed by atoms with E-state index in [-0.39, 0.29) is 28.7 Å². The Morgan fingerprint density at radius 1 is 1.31 bits per heavy atom. The number of carbonyl (C=O) groups excluding carboxylic acids is 1. The van der Waals surface area contributed by atoms with Crippen LogP contribution in [0.3, 0.4) is 0 Å². The molecule has 0 spiro atoms. The topological polar surface area (TPSA) is 58.1 Å². The molecule has 0 saturated heterocycles. The van der Waals surface area contributed by atoms with Crippen LogP contribution in [0.2, 0.25) is 0 Å². The smallest absolute Gasteiger partial charge is 0.277 e. The van der Waals surface area contributed by atoms with Crippen LogP contribution in [0.25, 0.3) is 0 Å². The third-order valence-corrected chi connectivity index (χ3v) is 6.58. The highest BCUT2D eigenvalue weighted by molar-refractivity contribution is 6.33. The molecule has 2 atom stereocenters. The van der Waals surface area contributed by atoms with Crippen molar-refractivity contribution in [2.24, 2.45) is 13.0 Å². The average Bonchev–Trinajstić information content (AvgIpc) is 3.49. The molecule has 7 heteroatoms. The lowest BCUT2D eigenvalue weighted by Crippen LogP contribution is -2.36. The summed E-state index contributed by atoms with van der Waals surface area (Å²) in [5.74, 6) is -0.134. The number of H-pyrrole nitrogens is 1. The highest BCUT2D eigenvalue weighted by Crippen LogP contribution is 2.41. The van der Waals surface area contributed by atoms with Gasteiger partial charge in [0.15, 0.2) is 5.78 Å². The molecule has 0 aliphatic heterocycles. The molecule has 0 bridgehead atoms. The van der Waals surface area contributed by atoms with Gasteiger partial charge in [-0.2, -0.15) is 0 Å². The van der Waals surface area contributed by atoms with Crippen LogP contribution < -0.4 is 5.56 Å². The first kappa shape index (κ1) is 18.1. The highest BCUT2D eigenvalue weighted by Gasteiger charge is 2.39. The minimum Gasteiger partial charge on any atom is -0.303 e. The second-order valence-corrected chi connectivity index (χ2v) is 8.63. The van der Waals surface area contributed by atoms with Crippen LogP contribution >= 0.6 is 23.2 Å². The Kier molecular flexibility index (Phi) is 4.66. The Morgan fingerprint density at radius 3 is 2.62 bits per heavy atom. The lowest BCUT2D eigenvalue weighted by molar-refractivity contribution is 0.102. The lowest BCUT2D eigenvalue weighted by atomic mass is 9.88. The molecule has 3 aliphatic carbocycles. The zero-order valence-electron chi connectivity index (χ0n) is 15.0. The number of Topliss-reactive ketones (excluding diaryl/α,β-unsaturated/α-hetero) is 1. The lowest BCUT2D eigenvalue weighted by Gasteiger charge is -2.30. The van der Waals surface area contributed by atoms with Gasteiger partial charge >= 0.3 is 0 Å². The first-order valence-corrected chi connectivity index (χ1v) is 9.95. The maximum absolute atomic E-state index is 13.2. The van der Waals surface area contributed by atoms with Crippen molar-refractivity contribution < 1.29 is 4.79 Å². The molecule has 1 N–H and O–H groups in total. The minimum absolute atomic E-state index is 0.139. The summed E-state index contributed by atoms with van der Waals surface area (Å²) in [6, 6.07) is 0.590. The zero-order chi connectivity index (χ0) is 18.6. The molecule has 140 valence electrons. The van der Waals surface area contributed by atoms with Crippen LogP contribution in [0, 0.1) is 5.92 Å². The first-order chi connectivity index (χ1) is 12.4. The summed E-state index contributed by atoms with van der Waals surface area (Å²) in [5.41, 5.74) is 1.17. The van der Waals surface area contributed by atoms with Crippen molar-refractivity contribution in [3.8, 4) is 0 Å². The maximum atomic E-state index is 13.2. The highest BCUT2D eigenvalue weighted by atomic mass is 35.5. The summed E-state index contributed by atoms with van der Waals surface area (Å²) < 4.78 is 1.38. The van der Waals surface area contributed by atoms with Gasteiger partial charge in [-0.15, -0.1) is 11.6 Å². The van der Waals surface area contributed by atoms with E-state index in [4.69, 9.17) is 23.2 Å². The Labute approximate surface area is 162 Å². The van der Waals surface area contributed by atoms with Crippen LogP contribution in [0.1, 0.15) is 47.7 Å². The molecule has 1 aromatic heterocycles. The molecule has 5 nitrogen and oxygen atoms in total. The fourth-order valence-corrected chi connectivity index (χ4v) is 4.41. The van der Waals surface area contributed by atoms with Crippen molar-refractivity contribution in [3.05, 3.63) is 44.4 Å². The molecule has 2 saturated carbocycles. The van der Waals surface area contributed by atoms with Gasteiger partial charge in [0.25, 0.3) is 5.56 Å². The van der Waals surface area contributed by atoms with Gasteiger partial charge in [-0.1, -0.05) is 17.7 Å². The van der Waals surface area contributed by atoms with E-state index >= 15 is 0 Å². The van der Waals surface area contributed by atoms with Crippen LogP contribution in [-0.2, 0) is 7.05 Å². The molecule has 2 unspecified atom stereocenters. The van der Waals surface area contributed by atoms with Crippen LogP contribution in [0.15, 0.2) is 27.6 Å². The molecule has 0 radical (unpaired) electrons. The summed E-state index contributed by atoms with van der Waals surface area (Å²) in [7, 11) is 3.71. The second kappa shape index (κ2) is 6.70. The Balaban J connectivity index is 1.63. The second-order valence-electron chi connectivity index (χ2n) is 7.72. The van der Waals surface area contributed by atoms with Gasteiger partial charge in [-0.3, -0.25) is 19.4 Å². The summed E-state index contributed by atoms with van der Waals surface area (Å²) in [6.45, 7) is 0.708. The van der Waals surface area contributed by atoms with E-state index in [0.717, 1.165) is 18.5 Å². The van der Waals surface area contributed by atoms with Crippen molar-refractivity contribution in [2.75, 3.05) is 13.6 Å². The number of aromatic amines is 1. The van der Waals surface area contributed by atoms with Crippen molar-refractivity contribution in [1.29, 1.82) is 0 Å². The third kappa shape index (κ3) is 3.21. The molecule has 0 aromatic carbocycles. The van der Waals surface area contributed by atoms with Crippen LogP contribution in [0.4, 0.5) is 0 Å². The van der Waals surface area contributed by atoms with E-state index in [0.29, 0.717) is 23.2 Å².